The molecule has 0 aliphatic carbocycles. The first-order valence-electron chi connectivity index (χ1n) is 5.57. The third-order valence-electron chi connectivity index (χ3n) is 2.30. The number of rotatable bonds is 5. The van der Waals surface area contributed by atoms with E-state index in [-0.39, 0.29) is 5.69 Å². The first-order valence-corrected chi connectivity index (χ1v) is 7.23. The van der Waals surface area contributed by atoms with Gasteiger partial charge in [-0.1, -0.05) is 12.1 Å². The number of aromatic amines is 1. The Labute approximate surface area is 114 Å². The lowest BCUT2D eigenvalue weighted by atomic mass is 10.2. The number of sulfonamides is 1. The van der Waals surface area contributed by atoms with Crippen molar-refractivity contribution < 1.29 is 18.3 Å². The highest BCUT2D eigenvalue weighted by Gasteiger charge is 2.16. The molecule has 1 aromatic carbocycles. The summed E-state index contributed by atoms with van der Waals surface area (Å²) in [7, 11) is -3.93. The third-order valence-corrected chi connectivity index (χ3v) is 3.48. The van der Waals surface area contributed by atoms with Crippen molar-refractivity contribution in [3.05, 3.63) is 30.1 Å². The van der Waals surface area contributed by atoms with Crippen molar-refractivity contribution in [3.63, 3.8) is 0 Å². The zero-order chi connectivity index (χ0) is 14.8. The van der Waals surface area contributed by atoms with Crippen LogP contribution in [-0.4, -0.2) is 40.4 Å². The molecule has 0 saturated heterocycles. The molecule has 20 heavy (non-hydrogen) atoms. The smallest absolute Gasteiger partial charge is 0.320 e. The lowest BCUT2D eigenvalue weighted by molar-refractivity contribution is -0.134. The van der Waals surface area contributed by atoms with Crippen molar-refractivity contribution in [2.45, 2.75) is 6.92 Å². The molecule has 2 aromatic rings. The van der Waals surface area contributed by atoms with Crippen molar-refractivity contribution in [2.75, 3.05) is 10.5 Å². The first-order chi connectivity index (χ1) is 9.35. The predicted octanol–water partition coefficient (Wildman–Crippen LogP) is 0.606. The highest BCUT2D eigenvalue weighted by molar-refractivity contribution is 7.93. The molecule has 0 spiro atoms. The van der Waals surface area contributed by atoms with Crippen molar-refractivity contribution in [1.82, 2.24) is 15.2 Å². The van der Waals surface area contributed by atoms with Crippen LogP contribution in [0.3, 0.4) is 0 Å². The fourth-order valence-corrected chi connectivity index (χ4v) is 2.46. The van der Waals surface area contributed by atoms with Gasteiger partial charge in [0.1, 0.15) is 5.82 Å². The minimum absolute atomic E-state index is 0.256. The number of anilines is 1. The van der Waals surface area contributed by atoms with Gasteiger partial charge in [-0.3, -0.25) is 14.6 Å². The molecule has 3 N–H and O–H groups in total. The predicted molar refractivity (Wildman–Crippen MR) is 71.6 cm³/mol. The van der Waals surface area contributed by atoms with Gasteiger partial charge in [-0.05, 0) is 19.1 Å². The van der Waals surface area contributed by atoms with Gasteiger partial charge in [0.05, 0.1) is 0 Å². The summed E-state index contributed by atoms with van der Waals surface area (Å²) in [5.41, 5.74) is 0.871. The summed E-state index contributed by atoms with van der Waals surface area (Å²) < 4.78 is 25.3. The minimum atomic E-state index is -3.93. The van der Waals surface area contributed by atoms with Crippen LogP contribution in [0.1, 0.15) is 5.82 Å². The Balaban J connectivity index is 2.25. The number of aromatic nitrogens is 3. The van der Waals surface area contributed by atoms with Crippen molar-refractivity contribution >= 4 is 21.7 Å². The summed E-state index contributed by atoms with van der Waals surface area (Å²) in [4.78, 5) is 14.6. The standard InChI is InChI=1S/C11H12N4O4S/c1-7-12-11(14-13-7)8-3-2-4-9(5-8)15-20(18,19)6-10(16)17/h2-5,15H,6H2,1H3,(H,16,17)(H,12,13,14). The molecular formula is C11H12N4O4S. The van der Waals surface area contributed by atoms with Gasteiger partial charge in [0.15, 0.2) is 11.6 Å². The fourth-order valence-electron chi connectivity index (χ4n) is 1.57. The molecule has 0 fully saturated rings. The number of nitrogens with one attached hydrogen (secondary N) is 2. The molecule has 0 unspecified atom stereocenters. The van der Waals surface area contributed by atoms with Crippen molar-refractivity contribution in [2.24, 2.45) is 0 Å². The summed E-state index contributed by atoms with van der Waals surface area (Å²) in [6.07, 6.45) is 0. The molecule has 0 aliphatic rings. The van der Waals surface area contributed by atoms with Crippen LogP contribution in [0.15, 0.2) is 24.3 Å². The van der Waals surface area contributed by atoms with Crippen LogP contribution in [0.5, 0.6) is 0 Å². The van der Waals surface area contributed by atoms with Gasteiger partial charge in [0.2, 0.25) is 10.0 Å². The van der Waals surface area contributed by atoms with E-state index in [1.807, 2.05) is 0 Å². The van der Waals surface area contributed by atoms with E-state index in [1.54, 1.807) is 19.1 Å². The SMILES string of the molecule is Cc1nc(-c2cccc(NS(=O)(=O)CC(=O)O)c2)n[nH]1. The molecule has 0 bridgehead atoms. The van der Waals surface area contributed by atoms with Gasteiger partial charge in [-0.2, -0.15) is 5.10 Å². The summed E-state index contributed by atoms with van der Waals surface area (Å²) in [6.45, 7) is 1.75. The molecule has 8 nitrogen and oxygen atoms in total. The van der Waals surface area contributed by atoms with E-state index in [4.69, 9.17) is 5.11 Å². The number of carbonyl (C=O) groups is 1. The van der Waals surface area contributed by atoms with Crippen molar-refractivity contribution in [1.29, 1.82) is 0 Å². The van der Waals surface area contributed by atoms with Gasteiger partial charge in [0.25, 0.3) is 0 Å². The highest BCUT2D eigenvalue weighted by atomic mass is 32.2. The minimum Gasteiger partial charge on any atom is -0.480 e. The number of hydrogen-bond acceptors (Lipinski definition) is 5. The quantitative estimate of drug-likeness (QED) is 0.742. The van der Waals surface area contributed by atoms with E-state index in [0.29, 0.717) is 17.2 Å². The van der Waals surface area contributed by atoms with E-state index in [1.165, 1.54) is 12.1 Å². The van der Waals surface area contributed by atoms with Crippen LogP contribution in [-0.2, 0) is 14.8 Å². The second-order valence-corrected chi connectivity index (χ2v) is 5.80. The van der Waals surface area contributed by atoms with Crippen LogP contribution >= 0.6 is 0 Å². The largest absolute Gasteiger partial charge is 0.480 e. The number of aryl methyl sites for hydroxylation is 1. The molecule has 106 valence electrons. The van der Waals surface area contributed by atoms with E-state index in [9.17, 15) is 13.2 Å². The van der Waals surface area contributed by atoms with Crippen LogP contribution in [0.2, 0.25) is 0 Å². The van der Waals surface area contributed by atoms with E-state index in [0.717, 1.165) is 0 Å². The molecule has 0 saturated carbocycles. The molecule has 2 rings (SSSR count). The Morgan fingerprint density at radius 2 is 2.20 bits per heavy atom. The van der Waals surface area contributed by atoms with Gasteiger partial charge < -0.3 is 5.11 Å². The van der Waals surface area contributed by atoms with Crippen LogP contribution < -0.4 is 4.72 Å². The molecule has 0 aliphatic heterocycles. The van der Waals surface area contributed by atoms with E-state index in [2.05, 4.69) is 19.9 Å². The monoisotopic (exact) mass is 296 g/mol. The second-order valence-electron chi connectivity index (χ2n) is 4.08. The van der Waals surface area contributed by atoms with Gasteiger partial charge in [0, 0.05) is 11.3 Å². The van der Waals surface area contributed by atoms with E-state index < -0.39 is 21.7 Å². The number of H-pyrrole nitrogens is 1. The fraction of sp³-hybridized carbons (Fsp3) is 0.182. The molecular weight excluding hydrogens is 284 g/mol. The molecule has 1 heterocycles. The van der Waals surface area contributed by atoms with Gasteiger partial charge in [-0.25, -0.2) is 13.4 Å². The normalized spacial score (nSPS) is 11.2. The van der Waals surface area contributed by atoms with E-state index >= 15 is 0 Å². The number of carboxylic acids is 1. The van der Waals surface area contributed by atoms with Crippen LogP contribution in [0.25, 0.3) is 11.4 Å². The Hall–Kier alpha value is -2.42. The topological polar surface area (TPSA) is 125 Å². The number of benzene rings is 1. The maximum atomic E-state index is 11.5. The Kier molecular flexibility index (Phi) is 3.70. The number of nitrogens with zero attached hydrogens (tertiary/aromatic N) is 2. The summed E-state index contributed by atoms with van der Waals surface area (Å²) in [5.74, 6) is -1.34. The lowest BCUT2D eigenvalue weighted by Gasteiger charge is -2.06. The zero-order valence-corrected chi connectivity index (χ0v) is 11.3. The summed E-state index contributed by atoms with van der Waals surface area (Å²) in [6, 6.07) is 6.39. The first kappa shape index (κ1) is 14.0. The Morgan fingerprint density at radius 1 is 1.45 bits per heavy atom. The van der Waals surface area contributed by atoms with Crippen LogP contribution in [0, 0.1) is 6.92 Å². The maximum Gasteiger partial charge on any atom is 0.320 e. The summed E-state index contributed by atoms with van der Waals surface area (Å²) in [5, 5.41) is 15.2. The van der Waals surface area contributed by atoms with Crippen LogP contribution in [0.4, 0.5) is 5.69 Å². The molecule has 0 amide bonds. The highest BCUT2D eigenvalue weighted by Crippen LogP contribution is 2.20. The third kappa shape index (κ3) is 3.54. The molecule has 9 heteroatoms. The second kappa shape index (κ2) is 5.29. The zero-order valence-electron chi connectivity index (χ0n) is 10.5. The number of aliphatic carboxylic acids is 1. The van der Waals surface area contributed by atoms with Gasteiger partial charge in [-0.15, -0.1) is 0 Å². The average Bonchev–Trinajstić information content (AvgIpc) is 2.73. The maximum absolute atomic E-state index is 11.5. The number of hydrogen-bond donors (Lipinski definition) is 3. The Bertz CT molecular complexity index is 738. The molecule has 1 aromatic heterocycles. The van der Waals surface area contributed by atoms with Gasteiger partial charge >= 0.3 is 5.97 Å². The van der Waals surface area contributed by atoms with Crippen molar-refractivity contribution in [3.8, 4) is 11.4 Å². The molecule has 0 radical (unpaired) electrons. The number of carboxylic acid groups (broad SMARTS) is 1. The Morgan fingerprint density at radius 3 is 2.80 bits per heavy atom. The lowest BCUT2D eigenvalue weighted by Crippen LogP contribution is -2.22. The summed E-state index contributed by atoms with van der Waals surface area (Å²) >= 11 is 0. The molecule has 0 atom stereocenters. The average molecular weight is 296 g/mol.